The Labute approximate surface area is 188 Å². The maximum atomic E-state index is 13.0. The highest BCUT2D eigenvalue weighted by atomic mass is 19.1. The minimum atomic E-state index is -0.509. The molecule has 0 radical (unpaired) electrons. The number of fused-ring (bicyclic) bond motifs is 1. The summed E-state index contributed by atoms with van der Waals surface area (Å²) >= 11 is 0. The highest BCUT2D eigenvalue weighted by Gasteiger charge is 2.27. The number of aromatic nitrogens is 4. The predicted octanol–water partition coefficient (Wildman–Crippen LogP) is 1.62. The first-order valence-electron chi connectivity index (χ1n) is 10.7. The number of nitrogens with zero attached hydrogens (tertiary/aromatic N) is 4. The van der Waals surface area contributed by atoms with Gasteiger partial charge >= 0.3 is 0 Å². The van der Waals surface area contributed by atoms with Crippen LogP contribution in [0.1, 0.15) is 35.9 Å². The van der Waals surface area contributed by atoms with Gasteiger partial charge in [0, 0.05) is 38.4 Å². The monoisotopic (exact) mass is 456 g/mol. The van der Waals surface area contributed by atoms with E-state index in [9.17, 15) is 18.8 Å². The van der Waals surface area contributed by atoms with E-state index >= 15 is 0 Å². The number of anilines is 1. The summed E-state index contributed by atoms with van der Waals surface area (Å²) in [6.45, 7) is 3.36. The number of pyridine rings is 1. The molecule has 174 valence electrons. The first-order valence-corrected chi connectivity index (χ1v) is 10.7. The maximum Gasteiger partial charge on any atom is 0.275 e. The lowest BCUT2D eigenvalue weighted by Crippen LogP contribution is -2.42. The number of hydrogen-bond donors (Lipinski definition) is 2. The van der Waals surface area contributed by atoms with E-state index in [1.165, 1.54) is 24.3 Å². The number of carbonyl (C=O) groups is 2. The molecule has 1 aliphatic heterocycles. The van der Waals surface area contributed by atoms with E-state index in [4.69, 9.17) is 4.74 Å². The van der Waals surface area contributed by atoms with Crippen LogP contribution in [0.25, 0.3) is 5.65 Å². The normalized spacial score (nSPS) is 15.4. The van der Waals surface area contributed by atoms with Crippen molar-refractivity contribution in [3.05, 3.63) is 58.0 Å². The van der Waals surface area contributed by atoms with Gasteiger partial charge in [-0.2, -0.15) is 9.61 Å². The van der Waals surface area contributed by atoms with Crippen LogP contribution in [0.15, 0.2) is 35.3 Å². The lowest BCUT2D eigenvalue weighted by molar-refractivity contribution is -0.115. The lowest BCUT2D eigenvalue weighted by Gasteiger charge is -2.34. The van der Waals surface area contributed by atoms with Gasteiger partial charge in [0.15, 0.2) is 0 Å². The fraction of sp³-hybridized carbons (Fsp3) is 0.409. The van der Waals surface area contributed by atoms with Crippen molar-refractivity contribution in [3.8, 4) is 0 Å². The Morgan fingerprint density at radius 2 is 2.09 bits per heavy atom. The number of aromatic amines is 1. The Hall–Kier alpha value is -3.60. The summed E-state index contributed by atoms with van der Waals surface area (Å²) in [4.78, 5) is 46.2. The highest BCUT2D eigenvalue weighted by Crippen LogP contribution is 2.22. The number of hydrogen-bond acceptors (Lipinski definition) is 6. The van der Waals surface area contributed by atoms with Gasteiger partial charge < -0.3 is 19.9 Å². The molecule has 1 unspecified atom stereocenters. The van der Waals surface area contributed by atoms with Crippen molar-refractivity contribution < 1.29 is 18.7 Å². The Morgan fingerprint density at radius 3 is 2.79 bits per heavy atom. The van der Waals surface area contributed by atoms with Gasteiger partial charge in [0.1, 0.15) is 23.0 Å². The standard InChI is InChI=1S/C22H25FN6O4/c1-13(14-5-7-33-8-6-14)28(2)22(32)17-11-21(31)29-19(25-17)9-16(27-29)10-20(30)26-18-4-3-15(23)12-24-18/h3-4,9,11-14,25H,5-8,10H2,1-2H3,(H,24,26,30). The van der Waals surface area contributed by atoms with Gasteiger partial charge in [-0.1, -0.05) is 0 Å². The second kappa shape index (κ2) is 9.49. The molecule has 0 aliphatic carbocycles. The Balaban J connectivity index is 1.48. The second-order valence-corrected chi connectivity index (χ2v) is 8.15. The molecule has 0 spiro atoms. The van der Waals surface area contributed by atoms with Gasteiger partial charge in [-0.15, -0.1) is 0 Å². The van der Waals surface area contributed by atoms with Gasteiger partial charge in [-0.3, -0.25) is 14.4 Å². The van der Waals surface area contributed by atoms with Crippen LogP contribution in [-0.4, -0.2) is 62.6 Å². The Bertz CT molecular complexity index is 1220. The number of H-pyrrole nitrogens is 1. The molecule has 11 heteroatoms. The molecule has 1 aliphatic rings. The molecular weight excluding hydrogens is 431 g/mol. The quantitative estimate of drug-likeness (QED) is 0.581. The summed E-state index contributed by atoms with van der Waals surface area (Å²) in [6.07, 6.45) is 2.64. The van der Waals surface area contributed by atoms with Crippen molar-refractivity contribution in [2.75, 3.05) is 25.6 Å². The van der Waals surface area contributed by atoms with Crippen LogP contribution in [-0.2, 0) is 16.0 Å². The molecular formula is C22H25FN6O4. The Kier molecular flexibility index (Phi) is 6.50. The maximum absolute atomic E-state index is 13.0. The highest BCUT2D eigenvalue weighted by molar-refractivity contribution is 5.93. The van der Waals surface area contributed by atoms with Gasteiger partial charge in [-0.25, -0.2) is 9.37 Å². The van der Waals surface area contributed by atoms with E-state index in [0.29, 0.717) is 30.5 Å². The van der Waals surface area contributed by atoms with E-state index in [-0.39, 0.29) is 29.9 Å². The van der Waals surface area contributed by atoms with E-state index in [1.807, 2.05) is 6.92 Å². The van der Waals surface area contributed by atoms with Crippen molar-refractivity contribution in [2.45, 2.75) is 32.2 Å². The molecule has 1 atom stereocenters. The number of amides is 2. The number of rotatable bonds is 6. The summed E-state index contributed by atoms with van der Waals surface area (Å²) in [7, 11) is 1.72. The third kappa shape index (κ3) is 5.08. The lowest BCUT2D eigenvalue weighted by atomic mass is 9.92. The fourth-order valence-corrected chi connectivity index (χ4v) is 3.94. The molecule has 1 saturated heterocycles. The van der Waals surface area contributed by atoms with Crippen LogP contribution in [0.3, 0.4) is 0 Å². The summed E-state index contributed by atoms with van der Waals surface area (Å²) < 4.78 is 19.5. The van der Waals surface area contributed by atoms with Crippen molar-refractivity contribution in [2.24, 2.45) is 5.92 Å². The SMILES string of the molecule is CC(C1CCOCC1)N(C)C(=O)c1cc(=O)n2nc(CC(=O)Nc3ccc(F)cn3)cc2[nH]1. The second-order valence-electron chi connectivity index (χ2n) is 8.15. The van der Waals surface area contributed by atoms with Crippen LogP contribution >= 0.6 is 0 Å². The van der Waals surface area contributed by atoms with Gasteiger partial charge in [-0.05, 0) is 37.8 Å². The first kappa shape index (κ1) is 22.6. The van der Waals surface area contributed by atoms with Gasteiger partial charge in [0.05, 0.1) is 18.3 Å². The zero-order chi connectivity index (χ0) is 23.5. The molecule has 2 N–H and O–H groups in total. The van der Waals surface area contributed by atoms with E-state index < -0.39 is 17.3 Å². The topological polar surface area (TPSA) is 122 Å². The molecule has 0 aromatic carbocycles. The third-order valence-electron chi connectivity index (χ3n) is 5.95. The minimum absolute atomic E-state index is 0.00892. The minimum Gasteiger partial charge on any atom is -0.381 e. The zero-order valence-corrected chi connectivity index (χ0v) is 18.4. The fourth-order valence-electron chi connectivity index (χ4n) is 3.94. The van der Waals surface area contributed by atoms with Gasteiger partial charge in [0.25, 0.3) is 11.5 Å². The third-order valence-corrected chi connectivity index (χ3v) is 5.95. The predicted molar refractivity (Wildman–Crippen MR) is 117 cm³/mol. The molecule has 10 nitrogen and oxygen atoms in total. The average Bonchev–Trinajstić information content (AvgIpc) is 3.22. The van der Waals surface area contributed by atoms with E-state index in [2.05, 4.69) is 20.4 Å². The zero-order valence-electron chi connectivity index (χ0n) is 18.4. The van der Waals surface area contributed by atoms with E-state index in [1.54, 1.807) is 11.9 Å². The number of nitrogens with one attached hydrogen (secondary N) is 2. The first-order chi connectivity index (χ1) is 15.8. The van der Waals surface area contributed by atoms with Crippen LogP contribution in [0, 0.1) is 11.7 Å². The molecule has 4 heterocycles. The molecule has 0 saturated carbocycles. The molecule has 1 fully saturated rings. The average molecular weight is 456 g/mol. The number of carbonyl (C=O) groups excluding carboxylic acids is 2. The molecule has 3 aromatic rings. The smallest absolute Gasteiger partial charge is 0.275 e. The Morgan fingerprint density at radius 1 is 1.33 bits per heavy atom. The van der Waals surface area contributed by atoms with Crippen LogP contribution in [0.2, 0.25) is 0 Å². The summed E-state index contributed by atoms with van der Waals surface area (Å²) in [5.74, 6) is -0.692. The summed E-state index contributed by atoms with van der Waals surface area (Å²) in [5, 5.41) is 6.70. The van der Waals surface area contributed by atoms with Crippen LogP contribution < -0.4 is 10.9 Å². The summed E-state index contributed by atoms with van der Waals surface area (Å²) in [6, 6.07) is 5.27. The molecule has 0 bridgehead atoms. The molecule has 4 rings (SSSR count). The van der Waals surface area contributed by atoms with Crippen molar-refractivity contribution in [3.63, 3.8) is 0 Å². The van der Waals surface area contributed by atoms with Crippen molar-refractivity contribution in [1.29, 1.82) is 0 Å². The van der Waals surface area contributed by atoms with Gasteiger partial charge in [0.2, 0.25) is 5.91 Å². The molecule has 2 amide bonds. The van der Waals surface area contributed by atoms with E-state index in [0.717, 1.165) is 23.6 Å². The molecule has 3 aromatic heterocycles. The van der Waals surface area contributed by atoms with Crippen molar-refractivity contribution in [1.82, 2.24) is 24.5 Å². The van der Waals surface area contributed by atoms with Crippen LogP contribution in [0.5, 0.6) is 0 Å². The largest absolute Gasteiger partial charge is 0.381 e. The molecule has 33 heavy (non-hydrogen) atoms. The van der Waals surface area contributed by atoms with Crippen molar-refractivity contribution >= 4 is 23.3 Å². The van der Waals surface area contributed by atoms with Crippen LogP contribution in [0.4, 0.5) is 10.2 Å². The number of ether oxygens (including phenoxy) is 1. The summed E-state index contributed by atoms with van der Waals surface area (Å²) in [5.41, 5.74) is 0.309. The number of halogens is 1.